The fourth-order valence-electron chi connectivity index (χ4n) is 3.57. The molecular weight excluding hydrogens is 404 g/mol. The summed E-state index contributed by atoms with van der Waals surface area (Å²) in [4.78, 5) is 28.2. The third-order valence-corrected chi connectivity index (χ3v) is 5.82. The maximum atomic E-state index is 12.7. The van der Waals surface area contributed by atoms with Crippen LogP contribution >= 0.6 is 11.6 Å². The smallest absolute Gasteiger partial charge is 0.294 e. The molecule has 1 amide bonds. The molecule has 1 fully saturated rings. The predicted molar refractivity (Wildman–Crippen MR) is 121 cm³/mol. The van der Waals surface area contributed by atoms with Gasteiger partial charge in [-0.1, -0.05) is 44.5 Å². The summed E-state index contributed by atoms with van der Waals surface area (Å²) in [5, 5.41) is 14.6. The van der Waals surface area contributed by atoms with Gasteiger partial charge in [-0.25, -0.2) is 0 Å². The molecule has 1 N–H and O–H groups in total. The van der Waals surface area contributed by atoms with Gasteiger partial charge < -0.3 is 15.1 Å². The standard InChI is InChI=1S/C22H27ClN4O3/c1-4-25-9-11-26(12-10-25)20-14-19(18(23)13-21(20)27(29)30)24-22(28)17-7-5-16(6-8-17)15(2)3/h5-8,13-15H,4,9-12H2,1-3H3,(H,24,28). The molecule has 7 nitrogen and oxygen atoms in total. The maximum Gasteiger partial charge on any atom is 0.294 e. The molecule has 1 aliphatic rings. The van der Waals surface area contributed by atoms with E-state index in [0.29, 0.717) is 35.9 Å². The van der Waals surface area contributed by atoms with Crippen molar-refractivity contribution in [3.8, 4) is 0 Å². The van der Waals surface area contributed by atoms with Crippen molar-refractivity contribution in [3.63, 3.8) is 0 Å². The van der Waals surface area contributed by atoms with E-state index in [1.165, 1.54) is 6.07 Å². The first-order valence-corrected chi connectivity index (χ1v) is 10.5. The van der Waals surface area contributed by atoms with Crippen molar-refractivity contribution in [1.82, 2.24) is 4.90 Å². The summed E-state index contributed by atoms with van der Waals surface area (Å²) in [6.07, 6.45) is 0. The Morgan fingerprint density at radius 3 is 2.33 bits per heavy atom. The number of hydrogen-bond acceptors (Lipinski definition) is 5. The SMILES string of the molecule is CCN1CCN(c2cc(NC(=O)c3ccc(C(C)C)cc3)c(Cl)cc2[N+](=O)[O-])CC1. The van der Waals surface area contributed by atoms with Crippen molar-refractivity contribution >= 4 is 34.6 Å². The number of rotatable bonds is 6. The lowest BCUT2D eigenvalue weighted by Crippen LogP contribution is -2.46. The third-order valence-electron chi connectivity index (χ3n) is 5.51. The van der Waals surface area contributed by atoms with Crippen molar-refractivity contribution in [2.24, 2.45) is 0 Å². The van der Waals surface area contributed by atoms with Gasteiger partial charge in [-0.2, -0.15) is 0 Å². The van der Waals surface area contributed by atoms with Crippen LogP contribution in [0.1, 0.15) is 42.6 Å². The number of hydrogen-bond donors (Lipinski definition) is 1. The summed E-state index contributed by atoms with van der Waals surface area (Å²) in [6.45, 7) is 10.3. The minimum atomic E-state index is -0.427. The maximum absolute atomic E-state index is 12.7. The van der Waals surface area contributed by atoms with Gasteiger partial charge in [0.15, 0.2) is 0 Å². The molecule has 0 aliphatic carbocycles. The Kier molecular flexibility index (Phi) is 6.95. The van der Waals surface area contributed by atoms with Crippen LogP contribution in [0.5, 0.6) is 0 Å². The minimum Gasteiger partial charge on any atom is -0.363 e. The third kappa shape index (κ3) is 4.91. The van der Waals surface area contributed by atoms with E-state index in [-0.39, 0.29) is 16.6 Å². The van der Waals surface area contributed by atoms with E-state index in [4.69, 9.17) is 11.6 Å². The zero-order chi connectivity index (χ0) is 21.8. The first-order valence-electron chi connectivity index (χ1n) is 10.2. The molecule has 0 radical (unpaired) electrons. The number of carbonyl (C=O) groups is 1. The molecule has 0 atom stereocenters. The van der Waals surface area contributed by atoms with Crippen LogP contribution in [0.15, 0.2) is 36.4 Å². The van der Waals surface area contributed by atoms with Crippen molar-refractivity contribution < 1.29 is 9.72 Å². The van der Waals surface area contributed by atoms with E-state index < -0.39 is 4.92 Å². The van der Waals surface area contributed by atoms with Gasteiger partial charge in [-0.15, -0.1) is 0 Å². The van der Waals surface area contributed by atoms with Crippen LogP contribution < -0.4 is 10.2 Å². The molecule has 1 aliphatic heterocycles. The molecule has 0 bridgehead atoms. The second kappa shape index (κ2) is 9.45. The van der Waals surface area contributed by atoms with Gasteiger partial charge in [0.2, 0.25) is 0 Å². The van der Waals surface area contributed by atoms with Crippen LogP contribution in [0.4, 0.5) is 17.1 Å². The van der Waals surface area contributed by atoms with Gasteiger partial charge in [0.25, 0.3) is 11.6 Å². The first-order chi connectivity index (χ1) is 14.3. The van der Waals surface area contributed by atoms with E-state index in [2.05, 4.69) is 31.0 Å². The van der Waals surface area contributed by atoms with Crippen LogP contribution in [0.2, 0.25) is 5.02 Å². The van der Waals surface area contributed by atoms with Crippen molar-refractivity contribution in [2.75, 3.05) is 42.9 Å². The van der Waals surface area contributed by atoms with E-state index in [9.17, 15) is 14.9 Å². The Balaban J connectivity index is 1.86. The highest BCUT2D eigenvalue weighted by atomic mass is 35.5. The molecule has 0 unspecified atom stereocenters. The van der Waals surface area contributed by atoms with Crippen LogP contribution in [0, 0.1) is 10.1 Å². The number of nitro groups is 1. The Morgan fingerprint density at radius 1 is 1.17 bits per heavy atom. The quantitative estimate of drug-likeness (QED) is 0.527. The fourth-order valence-corrected chi connectivity index (χ4v) is 3.77. The van der Waals surface area contributed by atoms with Crippen LogP contribution in [-0.2, 0) is 0 Å². The number of piperazine rings is 1. The number of nitrogens with one attached hydrogen (secondary N) is 1. The van der Waals surface area contributed by atoms with E-state index in [1.54, 1.807) is 18.2 Å². The second-order valence-electron chi connectivity index (χ2n) is 7.73. The average molecular weight is 431 g/mol. The van der Waals surface area contributed by atoms with Crippen molar-refractivity contribution in [3.05, 3.63) is 62.7 Å². The molecule has 8 heteroatoms. The van der Waals surface area contributed by atoms with Gasteiger partial charge >= 0.3 is 0 Å². The van der Waals surface area contributed by atoms with Gasteiger partial charge in [0, 0.05) is 37.8 Å². The lowest BCUT2D eigenvalue weighted by Gasteiger charge is -2.35. The highest BCUT2D eigenvalue weighted by Crippen LogP contribution is 2.37. The van der Waals surface area contributed by atoms with E-state index in [1.807, 2.05) is 17.0 Å². The number of benzene rings is 2. The fraction of sp³-hybridized carbons (Fsp3) is 0.409. The number of carbonyl (C=O) groups excluding carboxylic acids is 1. The summed E-state index contributed by atoms with van der Waals surface area (Å²) in [7, 11) is 0. The number of nitrogens with zero attached hydrogens (tertiary/aromatic N) is 3. The molecule has 0 aromatic heterocycles. The Bertz CT molecular complexity index is 923. The summed E-state index contributed by atoms with van der Waals surface area (Å²) in [5.74, 6) is 0.0739. The lowest BCUT2D eigenvalue weighted by molar-refractivity contribution is -0.384. The Hall–Kier alpha value is -2.64. The molecule has 0 saturated carbocycles. The van der Waals surface area contributed by atoms with Gasteiger partial charge in [-0.3, -0.25) is 14.9 Å². The summed E-state index contributed by atoms with van der Waals surface area (Å²) in [5.41, 5.74) is 2.45. The molecule has 160 valence electrons. The number of nitro benzene ring substituents is 1. The molecular formula is C22H27ClN4O3. The number of anilines is 2. The molecule has 2 aromatic rings. The zero-order valence-corrected chi connectivity index (χ0v) is 18.3. The second-order valence-corrected chi connectivity index (χ2v) is 8.14. The first kappa shape index (κ1) is 22.1. The highest BCUT2D eigenvalue weighted by Gasteiger charge is 2.26. The molecule has 30 heavy (non-hydrogen) atoms. The molecule has 1 heterocycles. The van der Waals surface area contributed by atoms with Crippen LogP contribution in [0.25, 0.3) is 0 Å². The molecule has 3 rings (SSSR count). The largest absolute Gasteiger partial charge is 0.363 e. The summed E-state index contributed by atoms with van der Waals surface area (Å²) >= 11 is 6.28. The summed E-state index contributed by atoms with van der Waals surface area (Å²) in [6, 6.07) is 10.3. The molecule has 2 aromatic carbocycles. The van der Waals surface area contributed by atoms with Gasteiger partial charge in [0.1, 0.15) is 5.69 Å². The van der Waals surface area contributed by atoms with Crippen molar-refractivity contribution in [2.45, 2.75) is 26.7 Å². The highest BCUT2D eigenvalue weighted by molar-refractivity contribution is 6.34. The number of halogens is 1. The van der Waals surface area contributed by atoms with E-state index in [0.717, 1.165) is 25.2 Å². The molecule has 1 saturated heterocycles. The minimum absolute atomic E-state index is 0.0516. The van der Waals surface area contributed by atoms with Crippen molar-refractivity contribution in [1.29, 1.82) is 0 Å². The molecule has 0 spiro atoms. The predicted octanol–water partition coefficient (Wildman–Crippen LogP) is 4.77. The normalized spacial score (nSPS) is 14.8. The van der Waals surface area contributed by atoms with E-state index >= 15 is 0 Å². The average Bonchev–Trinajstić information content (AvgIpc) is 2.74. The zero-order valence-electron chi connectivity index (χ0n) is 17.5. The monoisotopic (exact) mass is 430 g/mol. The number of likely N-dealkylation sites (N-methyl/N-ethyl adjacent to an activating group) is 1. The number of amides is 1. The Labute approximate surface area is 181 Å². The topological polar surface area (TPSA) is 78.7 Å². The Morgan fingerprint density at radius 2 is 1.80 bits per heavy atom. The van der Waals surface area contributed by atoms with Crippen LogP contribution in [0.3, 0.4) is 0 Å². The van der Waals surface area contributed by atoms with Crippen LogP contribution in [-0.4, -0.2) is 48.5 Å². The van der Waals surface area contributed by atoms with Gasteiger partial charge in [-0.05, 0) is 36.2 Å². The van der Waals surface area contributed by atoms with Gasteiger partial charge in [0.05, 0.1) is 15.6 Å². The lowest BCUT2D eigenvalue weighted by atomic mass is 10.0. The summed E-state index contributed by atoms with van der Waals surface area (Å²) < 4.78 is 0.